The van der Waals surface area contributed by atoms with Gasteiger partial charge in [0.1, 0.15) is 5.25 Å². The number of anilines is 1. The van der Waals surface area contributed by atoms with Gasteiger partial charge in [0, 0.05) is 29.6 Å². The fourth-order valence-corrected chi connectivity index (χ4v) is 4.36. The van der Waals surface area contributed by atoms with E-state index in [0.717, 1.165) is 22.8 Å². The first-order chi connectivity index (χ1) is 12.7. The smallest absolute Gasteiger partial charge is 0.326 e. The molecule has 10 heteroatoms. The van der Waals surface area contributed by atoms with Gasteiger partial charge in [0.2, 0.25) is 5.91 Å². The number of nitrogens with zero attached hydrogens (tertiary/aromatic N) is 2. The molecule has 1 aliphatic heterocycles. The van der Waals surface area contributed by atoms with Crippen LogP contribution in [0.5, 0.6) is 0 Å². The van der Waals surface area contributed by atoms with Gasteiger partial charge in [-0.1, -0.05) is 17.8 Å². The number of halogens is 3. The lowest BCUT2D eigenvalue weighted by molar-refractivity contribution is -0.137. The minimum atomic E-state index is -4.49. The molecule has 1 N–H and O–H groups in total. The Labute approximate surface area is 161 Å². The number of rotatable bonds is 5. The standard InChI is InChI=1S/C17H14F3N3O2S2/c1-9-8-26-14(21-9)7-15-23-16(25)12(27-15)6-13(24)22-11-4-2-3-10(5-11)17(18,19)20/h2-5,8,12H,6-7H2,1H3,(H,22,24)/t12-/m1/s1. The van der Waals surface area contributed by atoms with Crippen molar-refractivity contribution >= 4 is 45.6 Å². The lowest BCUT2D eigenvalue weighted by atomic mass is 10.2. The second-order valence-electron chi connectivity index (χ2n) is 5.84. The number of aliphatic imine (C=N–C) groups is 1. The van der Waals surface area contributed by atoms with E-state index in [9.17, 15) is 22.8 Å². The zero-order valence-electron chi connectivity index (χ0n) is 14.0. The molecule has 1 aromatic heterocycles. The number of hydrogen-bond donors (Lipinski definition) is 1. The van der Waals surface area contributed by atoms with E-state index in [0.29, 0.717) is 11.5 Å². The Morgan fingerprint density at radius 2 is 2.11 bits per heavy atom. The van der Waals surface area contributed by atoms with Gasteiger partial charge < -0.3 is 5.32 Å². The predicted octanol–water partition coefficient (Wildman–Crippen LogP) is 4.08. The largest absolute Gasteiger partial charge is 0.416 e. The number of aromatic nitrogens is 1. The van der Waals surface area contributed by atoms with Gasteiger partial charge in [0.25, 0.3) is 5.91 Å². The molecule has 0 aliphatic carbocycles. The van der Waals surface area contributed by atoms with Gasteiger partial charge in [0.05, 0.1) is 15.6 Å². The summed E-state index contributed by atoms with van der Waals surface area (Å²) in [4.78, 5) is 32.4. The van der Waals surface area contributed by atoms with Gasteiger partial charge in [-0.2, -0.15) is 13.2 Å². The van der Waals surface area contributed by atoms with Gasteiger partial charge in [-0.3, -0.25) is 9.59 Å². The molecule has 142 valence electrons. The van der Waals surface area contributed by atoms with Crippen LogP contribution < -0.4 is 5.32 Å². The molecule has 0 radical (unpaired) electrons. The molecule has 0 bridgehead atoms. The summed E-state index contributed by atoms with van der Waals surface area (Å²) in [6.45, 7) is 1.87. The molecule has 2 heterocycles. The molecule has 5 nitrogen and oxygen atoms in total. The molecule has 0 saturated carbocycles. The number of carbonyl (C=O) groups excluding carboxylic acids is 2. The lowest BCUT2D eigenvalue weighted by Gasteiger charge is -2.11. The van der Waals surface area contributed by atoms with Crippen LogP contribution in [0.1, 0.15) is 22.7 Å². The number of carbonyl (C=O) groups is 2. The van der Waals surface area contributed by atoms with Crippen molar-refractivity contribution < 1.29 is 22.8 Å². The third-order valence-corrected chi connectivity index (χ3v) is 5.73. The topological polar surface area (TPSA) is 71.4 Å². The molecule has 1 aliphatic rings. The first-order valence-corrected chi connectivity index (χ1v) is 9.63. The summed E-state index contributed by atoms with van der Waals surface area (Å²) in [7, 11) is 0. The fourth-order valence-electron chi connectivity index (χ4n) is 2.41. The molecule has 27 heavy (non-hydrogen) atoms. The Bertz CT molecular complexity index is 909. The maximum absolute atomic E-state index is 12.7. The highest BCUT2D eigenvalue weighted by molar-refractivity contribution is 8.15. The first kappa shape index (κ1) is 19.6. The summed E-state index contributed by atoms with van der Waals surface area (Å²) in [5, 5.41) is 5.05. The van der Waals surface area contributed by atoms with Gasteiger partial charge in [-0.25, -0.2) is 9.98 Å². The molecule has 2 aromatic rings. The number of hydrogen-bond acceptors (Lipinski definition) is 5. The number of amides is 2. The number of benzene rings is 1. The maximum Gasteiger partial charge on any atom is 0.416 e. The molecule has 3 rings (SSSR count). The summed E-state index contributed by atoms with van der Waals surface area (Å²) in [6, 6.07) is 4.36. The first-order valence-electron chi connectivity index (χ1n) is 7.87. The molecule has 1 atom stereocenters. The Morgan fingerprint density at radius 3 is 2.78 bits per heavy atom. The minimum Gasteiger partial charge on any atom is -0.326 e. The quantitative estimate of drug-likeness (QED) is 0.802. The van der Waals surface area contributed by atoms with Crippen molar-refractivity contribution in [2.45, 2.75) is 31.2 Å². The molecule has 0 saturated heterocycles. The molecule has 0 fully saturated rings. The monoisotopic (exact) mass is 413 g/mol. The van der Waals surface area contributed by atoms with Gasteiger partial charge >= 0.3 is 6.18 Å². The Hall–Kier alpha value is -2.20. The van der Waals surface area contributed by atoms with Crippen LogP contribution in [0, 0.1) is 6.92 Å². The van der Waals surface area contributed by atoms with Crippen molar-refractivity contribution in [1.82, 2.24) is 4.98 Å². The highest BCUT2D eigenvalue weighted by atomic mass is 32.2. The Kier molecular flexibility index (Phi) is 5.66. The van der Waals surface area contributed by atoms with E-state index in [1.54, 1.807) is 0 Å². The Morgan fingerprint density at radius 1 is 1.33 bits per heavy atom. The summed E-state index contributed by atoms with van der Waals surface area (Å²) < 4.78 is 38.2. The number of thioether (sulfide) groups is 1. The SMILES string of the molecule is Cc1csc(CC2=NC(=O)[C@@H](CC(=O)Nc3cccc(C(F)(F)F)c3)S2)n1. The zero-order valence-corrected chi connectivity index (χ0v) is 15.7. The normalized spacial score (nSPS) is 17.1. The van der Waals surface area contributed by atoms with Crippen LogP contribution in [0.4, 0.5) is 18.9 Å². The molecule has 1 aromatic carbocycles. The van der Waals surface area contributed by atoms with Crippen LogP contribution in [0.15, 0.2) is 34.6 Å². The third-order valence-electron chi connectivity index (χ3n) is 3.60. The average molecular weight is 413 g/mol. The van der Waals surface area contributed by atoms with E-state index in [1.807, 2.05) is 12.3 Å². The van der Waals surface area contributed by atoms with Crippen LogP contribution >= 0.6 is 23.1 Å². The molecular formula is C17H14F3N3O2S2. The van der Waals surface area contributed by atoms with E-state index >= 15 is 0 Å². The van der Waals surface area contributed by atoms with Gasteiger partial charge in [-0.15, -0.1) is 11.3 Å². The second kappa shape index (κ2) is 7.81. The summed E-state index contributed by atoms with van der Waals surface area (Å²) in [5.41, 5.74) is 0.0718. The summed E-state index contributed by atoms with van der Waals surface area (Å²) in [6.07, 6.45) is -4.22. The highest BCUT2D eigenvalue weighted by Crippen LogP contribution is 2.31. The predicted molar refractivity (Wildman–Crippen MR) is 99.1 cm³/mol. The van der Waals surface area contributed by atoms with Crippen LogP contribution in [0.25, 0.3) is 0 Å². The second-order valence-corrected chi connectivity index (χ2v) is 8.06. The summed E-state index contributed by atoms with van der Waals surface area (Å²) in [5.74, 6) is -0.954. The number of nitrogens with one attached hydrogen (secondary N) is 1. The third kappa shape index (κ3) is 5.16. The van der Waals surface area contributed by atoms with Crippen molar-refractivity contribution in [1.29, 1.82) is 0 Å². The average Bonchev–Trinajstić information content (AvgIpc) is 3.12. The van der Waals surface area contributed by atoms with Crippen LogP contribution in [-0.4, -0.2) is 27.1 Å². The van der Waals surface area contributed by atoms with Crippen LogP contribution in [0.2, 0.25) is 0 Å². The number of alkyl halides is 3. The molecule has 0 spiro atoms. The zero-order chi connectivity index (χ0) is 19.6. The van der Waals surface area contributed by atoms with Crippen LogP contribution in [0.3, 0.4) is 0 Å². The minimum absolute atomic E-state index is 0.0321. The Balaban J connectivity index is 1.57. The van der Waals surface area contributed by atoms with E-state index in [4.69, 9.17) is 0 Å². The van der Waals surface area contributed by atoms with E-state index in [2.05, 4.69) is 15.3 Å². The molecule has 0 unspecified atom stereocenters. The summed E-state index contributed by atoms with van der Waals surface area (Å²) >= 11 is 2.67. The molecule has 2 amide bonds. The number of thiazole rings is 1. The van der Waals surface area contributed by atoms with Crippen molar-refractivity contribution in [2.75, 3.05) is 5.32 Å². The van der Waals surface area contributed by atoms with E-state index in [-0.39, 0.29) is 12.1 Å². The van der Waals surface area contributed by atoms with Gasteiger partial charge in [0.15, 0.2) is 0 Å². The van der Waals surface area contributed by atoms with Crippen molar-refractivity contribution in [3.63, 3.8) is 0 Å². The van der Waals surface area contributed by atoms with E-state index in [1.165, 1.54) is 35.2 Å². The van der Waals surface area contributed by atoms with Gasteiger partial charge in [-0.05, 0) is 25.1 Å². The van der Waals surface area contributed by atoms with Crippen molar-refractivity contribution in [3.8, 4) is 0 Å². The van der Waals surface area contributed by atoms with Crippen molar-refractivity contribution in [2.24, 2.45) is 4.99 Å². The highest BCUT2D eigenvalue weighted by Gasteiger charge is 2.32. The lowest BCUT2D eigenvalue weighted by Crippen LogP contribution is -2.21. The number of aryl methyl sites for hydroxylation is 1. The maximum atomic E-state index is 12.7. The van der Waals surface area contributed by atoms with E-state index < -0.39 is 28.8 Å². The fraction of sp³-hybridized carbons (Fsp3) is 0.294. The van der Waals surface area contributed by atoms with Crippen molar-refractivity contribution in [3.05, 3.63) is 45.9 Å². The molecular weight excluding hydrogens is 399 g/mol. The van der Waals surface area contributed by atoms with Crippen LogP contribution in [-0.2, 0) is 22.2 Å².